The quantitative estimate of drug-likeness (QED) is 0.838. The van der Waals surface area contributed by atoms with Crippen molar-refractivity contribution in [1.29, 1.82) is 0 Å². The molecule has 4 heteroatoms. The summed E-state index contributed by atoms with van der Waals surface area (Å²) in [4.78, 5) is 10.7. The smallest absolute Gasteiger partial charge is 0.320 e. The van der Waals surface area contributed by atoms with Gasteiger partial charge in [-0.1, -0.05) is 12.1 Å². The van der Waals surface area contributed by atoms with Crippen LogP contribution in [0.4, 0.5) is 0 Å². The van der Waals surface area contributed by atoms with Gasteiger partial charge in [-0.15, -0.1) is 0 Å². The van der Waals surface area contributed by atoms with Crippen molar-refractivity contribution in [2.24, 2.45) is 0 Å². The van der Waals surface area contributed by atoms with E-state index in [1.165, 1.54) is 5.56 Å². The van der Waals surface area contributed by atoms with Crippen LogP contribution >= 0.6 is 0 Å². The van der Waals surface area contributed by atoms with Gasteiger partial charge in [-0.3, -0.25) is 4.79 Å². The minimum atomic E-state index is -0.792. The molecule has 0 bridgehead atoms. The number of nitrogens with one attached hydrogen (secondary N) is 1. The lowest BCUT2D eigenvalue weighted by atomic mass is 9.75. The Labute approximate surface area is 107 Å². The van der Waals surface area contributed by atoms with Crippen molar-refractivity contribution in [3.05, 3.63) is 29.8 Å². The van der Waals surface area contributed by atoms with Crippen molar-refractivity contribution in [3.63, 3.8) is 0 Å². The zero-order valence-corrected chi connectivity index (χ0v) is 10.7. The second-order valence-electron chi connectivity index (χ2n) is 4.87. The minimum absolute atomic E-state index is 0.312. The number of methoxy groups -OCH3 is 1. The number of carbonyl (C=O) groups is 1. The van der Waals surface area contributed by atoms with Crippen molar-refractivity contribution in [2.75, 3.05) is 7.11 Å². The number of hydrogen-bond donors (Lipinski definition) is 2. The van der Waals surface area contributed by atoms with Gasteiger partial charge in [-0.25, -0.2) is 0 Å². The summed E-state index contributed by atoms with van der Waals surface area (Å²) >= 11 is 0. The van der Waals surface area contributed by atoms with Crippen LogP contribution in [0.3, 0.4) is 0 Å². The Morgan fingerprint density at radius 3 is 2.83 bits per heavy atom. The molecule has 0 spiro atoms. The zero-order chi connectivity index (χ0) is 13.1. The molecular weight excluding hydrogens is 230 g/mol. The summed E-state index contributed by atoms with van der Waals surface area (Å²) in [5, 5.41) is 11.9. The number of rotatable bonds is 5. The fraction of sp³-hybridized carbons (Fsp3) is 0.500. The summed E-state index contributed by atoms with van der Waals surface area (Å²) in [5.41, 5.74) is 1.27. The fourth-order valence-corrected chi connectivity index (χ4v) is 2.35. The molecule has 18 heavy (non-hydrogen) atoms. The summed E-state index contributed by atoms with van der Waals surface area (Å²) < 4.78 is 5.20. The summed E-state index contributed by atoms with van der Waals surface area (Å²) in [5.74, 6) is 0.598. The zero-order valence-electron chi connectivity index (χ0n) is 10.7. The Kier molecular flexibility index (Phi) is 3.87. The Hall–Kier alpha value is -1.55. The summed E-state index contributed by atoms with van der Waals surface area (Å²) in [6, 6.07) is 7.93. The molecule has 1 saturated carbocycles. The second kappa shape index (κ2) is 5.40. The van der Waals surface area contributed by atoms with Gasteiger partial charge in [0.05, 0.1) is 7.11 Å². The fourth-order valence-electron chi connectivity index (χ4n) is 2.35. The van der Waals surface area contributed by atoms with Crippen LogP contribution < -0.4 is 10.1 Å². The lowest BCUT2D eigenvalue weighted by molar-refractivity contribution is -0.139. The normalized spacial score (nSPS) is 24.1. The molecule has 1 aromatic carbocycles. The maximum atomic E-state index is 10.7. The van der Waals surface area contributed by atoms with Crippen LogP contribution in [0.5, 0.6) is 5.75 Å². The van der Waals surface area contributed by atoms with Crippen LogP contribution in [0.15, 0.2) is 24.3 Å². The molecule has 4 nitrogen and oxygen atoms in total. The molecule has 1 atom stereocenters. The van der Waals surface area contributed by atoms with Gasteiger partial charge in [0, 0.05) is 6.04 Å². The Balaban J connectivity index is 1.86. The SMILES string of the molecule is COc1cccc(C2CC(NC(C)C(=O)O)C2)c1. The predicted octanol–water partition coefficient (Wildman–Crippen LogP) is 2.00. The van der Waals surface area contributed by atoms with E-state index in [9.17, 15) is 4.79 Å². The first-order valence-corrected chi connectivity index (χ1v) is 6.23. The molecule has 2 rings (SSSR count). The molecule has 1 fully saturated rings. The second-order valence-corrected chi connectivity index (χ2v) is 4.87. The first-order chi connectivity index (χ1) is 8.60. The average Bonchev–Trinajstić information content (AvgIpc) is 2.32. The first kappa shape index (κ1) is 12.9. The number of benzene rings is 1. The number of ether oxygens (including phenoxy) is 1. The van der Waals surface area contributed by atoms with Gasteiger partial charge in [0.1, 0.15) is 11.8 Å². The number of hydrogen-bond acceptors (Lipinski definition) is 3. The molecule has 0 amide bonds. The lowest BCUT2D eigenvalue weighted by Crippen LogP contribution is -2.47. The van der Waals surface area contributed by atoms with E-state index in [1.807, 2.05) is 12.1 Å². The molecule has 98 valence electrons. The molecule has 1 aliphatic carbocycles. The van der Waals surface area contributed by atoms with E-state index < -0.39 is 12.0 Å². The molecule has 1 unspecified atom stereocenters. The highest BCUT2D eigenvalue weighted by molar-refractivity contribution is 5.72. The summed E-state index contributed by atoms with van der Waals surface area (Å²) in [6.45, 7) is 1.68. The Bertz CT molecular complexity index is 427. The maximum Gasteiger partial charge on any atom is 0.320 e. The molecular formula is C14H19NO3. The lowest BCUT2D eigenvalue weighted by Gasteiger charge is -2.37. The van der Waals surface area contributed by atoms with E-state index in [1.54, 1.807) is 14.0 Å². The van der Waals surface area contributed by atoms with Crippen molar-refractivity contribution in [3.8, 4) is 5.75 Å². The summed E-state index contributed by atoms with van der Waals surface area (Å²) in [7, 11) is 1.67. The average molecular weight is 249 g/mol. The van der Waals surface area contributed by atoms with Crippen LogP contribution in [0, 0.1) is 0 Å². The highest BCUT2D eigenvalue weighted by Crippen LogP contribution is 2.38. The third-order valence-corrected chi connectivity index (χ3v) is 3.56. The van der Waals surface area contributed by atoms with Crippen LogP contribution in [0.25, 0.3) is 0 Å². The first-order valence-electron chi connectivity index (χ1n) is 6.23. The van der Waals surface area contributed by atoms with Crippen molar-refractivity contribution in [1.82, 2.24) is 5.32 Å². The molecule has 0 saturated heterocycles. The van der Waals surface area contributed by atoms with Gasteiger partial charge in [0.15, 0.2) is 0 Å². The van der Waals surface area contributed by atoms with Crippen molar-refractivity contribution in [2.45, 2.75) is 37.8 Å². The monoisotopic (exact) mass is 249 g/mol. The molecule has 0 aliphatic heterocycles. The molecule has 0 heterocycles. The Morgan fingerprint density at radius 2 is 2.22 bits per heavy atom. The topological polar surface area (TPSA) is 58.6 Å². The van der Waals surface area contributed by atoms with E-state index in [-0.39, 0.29) is 0 Å². The van der Waals surface area contributed by atoms with Crippen LogP contribution in [-0.2, 0) is 4.79 Å². The van der Waals surface area contributed by atoms with Gasteiger partial charge < -0.3 is 15.2 Å². The predicted molar refractivity (Wildman–Crippen MR) is 69.0 cm³/mol. The molecule has 0 aromatic heterocycles. The van der Waals surface area contributed by atoms with Gasteiger partial charge >= 0.3 is 5.97 Å². The molecule has 0 radical (unpaired) electrons. The van der Waals surface area contributed by atoms with Crippen molar-refractivity contribution >= 4 is 5.97 Å². The van der Waals surface area contributed by atoms with Gasteiger partial charge in [0.2, 0.25) is 0 Å². The van der Waals surface area contributed by atoms with Gasteiger partial charge in [-0.2, -0.15) is 0 Å². The number of aliphatic carboxylic acids is 1. The maximum absolute atomic E-state index is 10.7. The number of carboxylic acids is 1. The van der Waals surface area contributed by atoms with Gasteiger partial charge in [-0.05, 0) is 43.4 Å². The van der Waals surface area contributed by atoms with E-state index in [4.69, 9.17) is 9.84 Å². The largest absolute Gasteiger partial charge is 0.497 e. The van der Waals surface area contributed by atoms with Crippen LogP contribution in [0.2, 0.25) is 0 Å². The third kappa shape index (κ3) is 2.82. The molecule has 1 aromatic rings. The summed E-state index contributed by atoms with van der Waals surface area (Å²) in [6.07, 6.45) is 1.98. The molecule has 1 aliphatic rings. The molecule has 2 N–H and O–H groups in total. The Morgan fingerprint density at radius 1 is 1.50 bits per heavy atom. The minimum Gasteiger partial charge on any atom is -0.497 e. The van der Waals surface area contributed by atoms with Crippen molar-refractivity contribution < 1.29 is 14.6 Å². The highest BCUT2D eigenvalue weighted by Gasteiger charge is 2.32. The van der Waals surface area contributed by atoms with Crippen LogP contribution in [0.1, 0.15) is 31.2 Å². The van der Waals surface area contributed by atoms with E-state index >= 15 is 0 Å². The highest BCUT2D eigenvalue weighted by atomic mass is 16.5. The van der Waals surface area contributed by atoms with Crippen LogP contribution in [-0.4, -0.2) is 30.3 Å². The number of carboxylic acid groups (broad SMARTS) is 1. The standard InChI is InChI=1S/C14H19NO3/c1-9(14(16)17)15-12-6-11(7-12)10-4-3-5-13(8-10)18-2/h3-5,8-9,11-12,15H,6-7H2,1-2H3,(H,16,17). The van der Waals surface area contributed by atoms with Gasteiger partial charge in [0.25, 0.3) is 0 Å². The third-order valence-electron chi connectivity index (χ3n) is 3.56. The van der Waals surface area contributed by atoms with E-state index in [2.05, 4.69) is 17.4 Å². The van der Waals surface area contributed by atoms with E-state index in [0.29, 0.717) is 12.0 Å². The van der Waals surface area contributed by atoms with E-state index in [0.717, 1.165) is 18.6 Å².